The molecular formula is CH6N2O4S2. The minimum Gasteiger partial charge on any atom is -0.303 e. The standard InChI is InChI=1S/CH6N2O4S2/c2-1(3,8(4)5)9(6)7/h2-3H2,(H,4,5)(H,6,7). The first-order chi connectivity index (χ1) is 3.89. The highest BCUT2D eigenvalue weighted by Crippen LogP contribution is 1.98. The van der Waals surface area contributed by atoms with Gasteiger partial charge in [-0.2, -0.15) is 0 Å². The summed E-state index contributed by atoms with van der Waals surface area (Å²) >= 11 is -5.40. The predicted octanol–water partition coefficient (Wildman–Crippen LogP) is -2.04. The van der Waals surface area contributed by atoms with E-state index in [9.17, 15) is 8.42 Å². The molecule has 6 nitrogen and oxygen atoms in total. The van der Waals surface area contributed by atoms with Crippen LogP contribution in [0.15, 0.2) is 0 Å². The minimum absolute atomic E-state index is 2.44. The lowest BCUT2D eigenvalue weighted by atomic mass is 11.2. The Morgan fingerprint density at radius 2 is 1.33 bits per heavy atom. The quantitative estimate of drug-likeness (QED) is 0.282. The van der Waals surface area contributed by atoms with E-state index < -0.39 is 26.5 Å². The maximum Gasteiger partial charge on any atom is 0.270 e. The Labute approximate surface area is 56.2 Å². The lowest BCUT2D eigenvalue weighted by molar-refractivity contribution is 0.509. The van der Waals surface area contributed by atoms with Crippen molar-refractivity contribution in [2.24, 2.45) is 11.5 Å². The van der Waals surface area contributed by atoms with Crippen molar-refractivity contribution < 1.29 is 17.5 Å². The fraction of sp³-hybridized carbons (Fsp3) is 1.00. The first-order valence-corrected chi connectivity index (χ1v) is 3.90. The zero-order chi connectivity index (χ0) is 7.65. The first kappa shape index (κ1) is 9.14. The van der Waals surface area contributed by atoms with E-state index in [4.69, 9.17) is 9.11 Å². The molecule has 0 aliphatic heterocycles. The monoisotopic (exact) mass is 174 g/mol. The molecule has 0 aromatic carbocycles. The maximum atomic E-state index is 9.97. The molecule has 0 radical (unpaired) electrons. The molecule has 6 N–H and O–H groups in total. The molecule has 0 saturated heterocycles. The molecule has 0 fully saturated rings. The molecule has 2 unspecified atom stereocenters. The summed E-state index contributed by atoms with van der Waals surface area (Å²) < 4.78 is 33.7. The van der Waals surface area contributed by atoms with Gasteiger partial charge in [-0.15, -0.1) is 0 Å². The van der Waals surface area contributed by atoms with Gasteiger partial charge in [0.2, 0.25) is 22.2 Å². The summed E-state index contributed by atoms with van der Waals surface area (Å²) in [7, 11) is 0. The molecular weight excluding hydrogens is 168 g/mol. The van der Waals surface area contributed by atoms with Crippen LogP contribution in [0.3, 0.4) is 0 Å². The van der Waals surface area contributed by atoms with Crippen LogP contribution in [0.25, 0.3) is 0 Å². The highest BCUT2D eigenvalue weighted by atomic mass is 32.3. The first-order valence-electron chi connectivity index (χ1n) is 1.68. The Hall–Kier alpha value is 0.140. The summed E-state index contributed by atoms with van der Waals surface area (Å²) in [6.07, 6.45) is 0. The normalized spacial score (nSPS) is 19.1. The highest BCUT2D eigenvalue weighted by molar-refractivity contribution is 7.98. The third kappa shape index (κ3) is 2.08. The van der Waals surface area contributed by atoms with E-state index >= 15 is 0 Å². The Balaban J connectivity index is 4.38. The summed E-state index contributed by atoms with van der Waals surface area (Å²) in [5.41, 5.74) is 9.36. The average molecular weight is 174 g/mol. The Kier molecular flexibility index (Phi) is 2.86. The minimum atomic E-state index is -2.70. The van der Waals surface area contributed by atoms with Gasteiger partial charge in [0.25, 0.3) is 4.33 Å². The molecule has 0 aromatic rings. The van der Waals surface area contributed by atoms with Crippen LogP contribution < -0.4 is 11.5 Å². The van der Waals surface area contributed by atoms with Crippen LogP contribution in [0.4, 0.5) is 0 Å². The molecule has 0 aliphatic carbocycles. The Morgan fingerprint density at radius 1 is 1.11 bits per heavy atom. The number of hydrogen-bond donors (Lipinski definition) is 4. The van der Waals surface area contributed by atoms with E-state index in [1.54, 1.807) is 0 Å². The van der Waals surface area contributed by atoms with Gasteiger partial charge in [-0.3, -0.25) is 11.5 Å². The molecule has 56 valence electrons. The topological polar surface area (TPSA) is 127 Å². The van der Waals surface area contributed by atoms with Crippen molar-refractivity contribution in [3.8, 4) is 0 Å². The summed E-state index contributed by atoms with van der Waals surface area (Å²) in [4.78, 5) is 0. The van der Waals surface area contributed by atoms with Crippen molar-refractivity contribution in [3.63, 3.8) is 0 Å². The average Bonchev–Trinajstić information content (AvgIpc) is 1.65. The van der Waals surface area contributed by atoms with Crippen LogP contribution in [-0.2, 0) is 22.2 Å². The summed E-state index contributed by atoms with van der Waals surface area (Å²) in [6.45, 7) is 0. The van der Waals surface area contributed by atoms with Crippen molar-refractivity contribution >= 4 is 22.2 Å². The van der Waals surface area contributed by atoms with E-state index in [-0.39, 0.29) is 0 Å². The Morgan fingerprint density at radius 3 is 1.33 bits per heavy atom. The lowest BCUT2D eigenvalue weighted by Gasteiger charge is -2.13. The van der Waals surface area contributed by atoms with Gasteiger partial charge in [0.05, 0.1) is 0 Å². The molecule has 0 bridgehead atoms. The summed E-state index contributed by atoms with van der Waals surface area (Å²) in [5.74, 6) is 0. The molecule has 9 heavy (non-hydrogen) atoms. The van der Waals surface area contributed by atoms with Gasteiger partial charge in [0.15, 0.2) is 0 Å². The molecule has 8 heteroatoms. The van der Waals surface area contributed by atoms with Gasteiger partial charge < -0.3 is 9.11 Å². The molecule has 0 heterocycles. The molecule has 0 saturated carbocycles. The molecule has 0 amide bonds. The molecule has 2 atom stereocenters. The second-order valence-electron chi connectivity index (χ2n) is 1.22. The zero-order valence-electron chi connectivity index (χ0n) is 4.18. The third-order valence-corrected chi connectivity index (χ3v) is 2.49. The molecule has 0 aliphatic rings. The van der Waals surface area contributed by atoms with Crippen LogP contribution in [-0.4, -0.2) is 21.9 Å². The SMILES string of the molecule is NC(N)(S(=O)O)S(=O)O. The van der Waals surface area contributed by atoms with Crippen LogP contribution in [0.5, 0.6) is 0 Å². The van der Waals surface area contributed by atoms with E-state index in [0.29, 0.717) is 0 Å². The van der Waals surface area contributed by atoms with Gasteiger partial charge in [-0.25, -0.2) is 8.42 Å². The smallest absolute Gasteiger partial charge is 0.270 e. The van der Waals surface area contributed by atoms with E-state index in [0.717, 1.165) is 0 Å². The van der Waals surface area contributed by atoms with Gasteiger partial charge in [-0.1, -0.05) is 0 Å². The van der Waals surface area contributed by atoms with Crippen molar-refractivity contribution in [1.29, 1.82) is 0 Å². The largest absolute Gasteiger partial charge is 0.303 e. The molecule has 0 rings (SSSR count). The van der Waals surface area contributed by atoms with Crippen LogP contribution in [0.1, 0.15) is 0 Å². The summed E-state index contributed by atoms with van der Waals surface area (Å²) in [6, 6.07) is 0. The van der Waals surface area contributed by atoms with Crippen molar-refractivity contribution in [2.45, 2.75) is 4.33 Å². The van der Waals surface area contributed by atoms with Crippen LogP contribution in [0, 0.1) is 0 Å². The zero-order valence-corrected chi connectivity index (χ0v) is 5.82. The fourth-order valence-electron chi connectivity index (χ4n) is 0.0610. The second kappa shape index (κ2) is 2.82. The van der Waals surface area contributed by atoms with Gasteiger partial charge in [0.1, 0.15) is 0 Å². The van der Waals surface area contributed by atoms with Gasteiger partial charge in [0, 0.05) is 0 Å². The van der Waals surface area contributed by atoms with Crippen molar-refractivity contribution in [3.05, 3.63) is 0 Å². The van der Waals surface area contributed by atoms with Crippen LogP contribution >= 0.6 is 0 Å². The maximum absolute atomic E-state index is 9.97. The Bertz CT molecular complexity index is 139. The number of nitrogens with two attached hydrogens (primary N) is 2. The van der Waals surface area contributed by atoms with Gasteiger partial charge in [-0.05, 0) is 0 Å². The predicted molar refractivity (Wildman–Crippen MR) is 32.6 cm³/mol. The van der Waals surface area contributed by atoms with Gasteiger partial charge >= 0.3 is 0 Å². The van der Waals surface area contributed by atoms with Crippen molar-refractivity contribution in [2.75, 3.05) is 0 Å². The summed E-state index contributed by atoms with van der Waals surface area (Å²) in [5, 5.41) is 0. The van der Waals surface area contributed by atoms with Crippen LogP contribution in [0.2, 0.25) is 0 Å². The van der Waals surface area contributed by atoms with E-state index in [1.165, 1.54) is 0 Å². The molecule has 0 spiro atoms. The third-order valence-electron chi connectivity index (χ3n) is 0.546. The second-order valence-corrected chi connectivity index (χ2v) is 3.83. The fourth-order valence-corrected chi connectivity index (χ4v) is 0.549. The lowest BCUT2D eigenvalue weighted by Crippen LogP contribution is -2.56. The highest BCUT2D eigenvalue weighted by Gasteiger charge is 2.33. The molecule has 0 aromatic heterocycles. The van der Waals surface area contributed by atoms with E-state index in [2.05, 4.69) is 11.5 Å². The number of rotatable bonds is 2. The van der Waals surface area contributed by atoms with Crippen molar-refractivity contribution in [1.82, 2.24) is 0 Å². The van der Waals surface area contributed by atoms with E-state index in [1.807, 2.05) is 0 Å². The number of hydrogen-bond acceptors (Lipinski definition) is 4.